The summed E-state index contributed by atoms with van der Waals surface area (Å²) in [6, 6.07) is 12.6. The molecule has 3 aromatic rings. The van der Waals surface area contributed by atoms with Crippen molar-refractivity contribution in [2.45, 2.75) is 25.5 Å². The smallest absolute Gasteiger partial charge is 0.287 e. The van der Waals surface area contributed by atoms with E-state index in [0.717, 1.165) is 42.3 Å². The monoisotopic (exact) mass is 366 g/mol. The first kappa shape index (κ1) is 17.6. The van der Waals surface area contributed by atoms with Crippen molar-refractivity contribution in [2.24, 2.45) is 0 Å². The molecule has 6 nitrogen and oxygen atoms in total. The van der Waals surface area contributed by atoms with Crippen LogP contribution in [0.4, 0.5) is 0 Å². The van der Waals surface area contributed by atoms with Crippen molar-refractivity contribution < 1.29 is 19.4 Å². The van der Waals surface area contributed by atoms with Gasteiger partial charge in [0.15, 0.2) is 5.76 Å². The number of piperidine rings is 1. The van der Waals surface area contributed by atoms with E-state index in [1.165, 1.54) is 0 Å². The third-order valence-electron chi connectivity index (χ3n) is 5.01. The fourth-order valence-corrected chi connectivity index (χ4v) is 3.55. The zero-order valence-corrected chi connectivity index (χ0v) is 14.9. The van der Waals surface area contributed by atoms with Gasteiger partial charge in [0.1, 0.15) is 11.5 Å². The maximum Gasteiger partial charge on any atom is 0.287 e. The molecule has 0 saturated carbocycles. The number of phenols is 1. The molecule has 0 bridgehead atoms. The lowest BCUT2D eigenvalue weighted by molar-refractivity contribution is 0.0903. The Morgan fingerprint density at radius 3 is 2.89 bits per heavy atom. The Morgan fingerprint density at radius 1 is 1.22 bits per heavy atom. The SMILES string of the molecule is O=C(NC1CCCNC1)c1ccc(-c2ccc3c(CO)c(O)ccc3c2)o1. The quantitative estimate of drug-likeness (QED) is 0.570. The second kappa shape index (κ2) is 7.42. The Balaban J connectivity index is 1.57. The van der Waals surface area contributed by atoms with Crippen LogP contribution in [0.1, 0.15) is 29.0 Å². The van der Waals surface area contributed by atoms with E-state index in [-0.39, 0.29) is 30.1 Å². The van der Waals surface area contributed by atoms with E-state index in [4.69, 9.17) is 4.42 Å². The van der Waals surface area contributed by atoms with Crippen LogP contribution in [0, 0.1) is 0 Å². The molecule has 1 unspecified atom stereocenters. The van der Waals surface area contributed by atoms with Crippen LogP contribution < -0.4 is 10.6 Å². The first-order valence-corrected chi connectivity index (χ1v) is 9.13. The van der Waals surface area contributed by atoms with Gasteiger partial charge in [-0.25, -0.2) is 0 Å². The third kappa shape index (κ3) is 3.54. The Hall–Kier alpha value is -2.83. The molecule has 4 N–H and O–H groups in total. The van der Waals surface area contributed by atoms with Gasteiger partial charge in [-0.05, 0) is 54.4 Å². The highest BCUT2D eigenvalue weighted by molar-refractivity contribution is 5.93. The second-order valence-electron chi connectivity index (χ2n) is 6.84. The van der Waals surface area contributed by atoms with Gasteiger partial charge in [0.25, 0.3) is 5.91 Å². The molecule has 4 rings (SSSR count). The minimum absolute atomic E-state index is 0.0758. The average molecular weight is 366 g/mol. The summed E-state index contributed by atoms with van der Waals surface area (Å²) < 4.78 is 5.77. The predicted molar refractivity (Wildman–Crippen MR) is 103 cm³/mol. The number of carbonyl (C=O) groups is 1. The fourth-order valence-electron chi connectivity index (χ4n) is 3.55. The summed E-state index contributed by atoms with van der Waals surface area (Å²) in [6.45, 7) is 1.54. The van der Waals surface area contributed by atoms with Crippen molar-refractivity contribution in [3.8, 4) is 17.1 Å². The zero-order valence-electron chi connectivity index (χ0n) is 14.9. The van der Waals surface area contributed by atoms with E-state index in [2.05, 4.69) is 10.6 Å². The molecule has 0 aliphatic carbocycles. The van der Waals surface area contributed by atoms with E-state index < -0.39 is 0 Å². The number of hydrogen-bond donors (Lipinski definition) is 4. The first-order valence-electron chi connectivity index (χ1n) is 9.13. The van der Waals surface area contributed by atoms with E-state index in [1.54, 1.807) is 24.3 Å². The molecule has 2 heterocycles. The molecule has 140 valence electrons. The number of amides is 1. The molecule has 27 heavy (non-hydrogen) atoms. The van der Waals surface area contributed by atoms with Crippen molar-refractivity contribution in [3.05, 3.63) is 53.8 Å². The number of aromatic hydroxyl groups is 1. The number of furan rings is 1. The molecular formula is C21H22N2O4. The van der Waals surface area contributed by atoms with E-state index in [9.17, 15) is 15.0 Å². The number of benzene rings is 2. The van der Waals surface area contributed by atoms with Gasteiger partial charge >= 0.3 is 0 Å². The second-order valence-corrected chi connectivity index (χ2v) is 6.84. The Kier molecular flexibility index (Phi) is 4.83. The molecule has 2 aromatic carbocycles. The van der Waals surface area contributed by atoms with Crippen LogP contribution >= 0.6 is 0 Å². The van der Waals surface area contributed by atoms with E-state index in [0.29, 0.717) is 11.3 Å². The lowest BCUT2D eigenvalue weighted by Crippen LogP contribution is -2.45. The number of aliphatic hydroxyl groups excluding tert-OH is 1. The largest absolute Gasteiger partial charge is 0.508 e. The van der Waals surface area contributed by atoms with Gasteiger partial charge in [0, 0.05) is 23.7 Å². The molecule has 1 saturated heterocycles. The number of hydrogen-bond acceptors (Lipinski definition) is 5. The van der Waals surface area contributed by atoms with Crippen LogP contribution in [0.2, 0.25) is 0 Å². The van der Waals surface area contributed by atoms with Crippen molar-refractivity contribution in [1.82, 2.24) is 10.6 Å². The molecule has 0 spiro atoms. The summed E-state index contributed by atoms with van der Waals surface area (Å²) in [4.78, 5) is 12.4. The molecule has 1 aliphatic rings. The van der Waals surface area contributed by atoms with Gasteiger partial charge in [-0.1, -0.05) is 18.2 Å². The number of aliphatic hydroxyl groups is 1. The summed E-state index contributed by atoms with van der Waals surface area (Å²) in [6.07, 6.45) is 2.02. The number of carbonyl (C=O) groups excluding carboxylic acids is 1. The number of fused-ring (bicyclic) bond motifs is 1. The lowest BCUT2D eigenvalue weighted by Gasteiger charge is -2.23. The van der Waals surface area contributed by atoms with Crippen molar-refractivity contribution >= 4 is 16.7 Å². The highest BCUT2D eigenvalue weighted by Crippen LogP contribution is 2.31. The average Bonchev–Trinajstić information content (AvgIpc) is 3.19. The molecule has 1 fully saturated rings. The Bertz CT molecular complexity index is 973. The van der Waals surface area contributed by atoms with Crippen molar-refractivity contribution in [2.75, 3.05) is 13.1 Å². The summed E-state index contributed by atoms with van der Waals surface area (Å²) in [5.41, 5.74) is 1.33. The summed E-state index contributed by atoms with van der Waals surface area (Å²) >= 11 is 0. The summed E-state index contributed by atoms with van der Waals surface area (Å²) in [7, 11) is 0. The third-order valence-corrected chi connectivity index (χ3v) is 5.01. The molecular weight excluding hydrogens is 344 g/mol. The molecule has 6 heteroatoms. The van der Waals surface area contributed by atoms with Crippen LogP contribution in [0.3, 0.4) is 0 Å². The van der Waals surface area contributed by atoms with Crippen molar-refractivity contribution in [3.63, 3.8) is 0 Å². The molecule has 1 aliphatic heterocycles. The number of rotatable bonds is 4. The van der Waals surface area contributed by atoms with Crippen LogP contribution in [-0.2, 0) is 6.61 Å². The van der Waals surface area contributed by atoms with Gasteiger partial charge in [0.05, 0.1) is 6.61 Å². The zero-order chi connectivity index (χ0) is 18.8. The van der Waals surface area contributed by atoms with Gasteiger partial charge < -0.3 is 25.3 Å². The summed E-state index contributed by atoms with van der Waals surface area (Å²) in [5, 5.41) is 27.3. The van der Waals surface area contributed by atoms with Crippen LogP contribution in [-0.4, -0.2) is 35.3 Å². The standard InChI is InChI=1S/C21H22N2O4/c24-12-17-16-5-3-14(10-13(16)4-6-18(17)25)19-7-8-20(27-19)21(26)23-15-2-1-9-22-11-15/h3-8,10,15,22,24-25H,1-2,9,11-12H2,(H,23,26). The Morgan fingerprint density at radius 2 is 2.11 bits per heavy atom. The number of nitrogens with one attached hydrogen (secondary N) is 2. The normalized spacial score (nSPS) is 17.1. The maximum atomic E-state index is 12.4. The topological polar surface area (TPSA) is 94.7 Å². The molecule has 1 atom stereocenters. The van der Waals surface area contributed by atoms with Gasteiger partial charge in [-0.3, -0.25) is 4.79 Å². The van der Waals surface area contributed by atoms with Gasteiger partial charge in [0.2, 0.25) is 0 Å². The minimum Gasteiger partial charge on any atom is -0.508 e. The van der Waals surface area contributed by atoms with Crippen LogP contribution in [0.15, 0.2) is 46.9 Å². The molecule has 1 aromatic heterocycles. The highest BCUT2D eigenvalue weighted by atomic mass is 16.4. The molecule has 1 amide bonds. The van der Waals surface area contributed by atoms with E-state index in [1.807, 2.05) is 18.2 Å². The first-order chi connectivity index (χ1) is 13.2. The highest BCUT2D eigenvalue weighted by Gasteiger charge is 2.19. The van der Waals surface area contributed by atoms with Crippen molar-refractivity contribution in [1.29, 1.82) is 0 Å². The van der Waals surface area contributed by atoms with Gasteiger partial charge in [-0.2, -0.15) is 0 Å². The summed E-state index contributed by atoms with van der Waals surface area (Å²) in [5.74, 6) is 0.759. The lowest BCUT2D eigenvalue weighted by atomic mass is 10.0. The van der Waals surface area contributed by atoms with E-state index >= 15 is 0 Å². The molecule has 0 radical (unpaired) electrons. The minimum atomic E-state index is -0.233. The van der Waals surface area contributed by atoms with Crippen LogP contribution in [0.25, 0.3) is 22.1 Å². The fraction of sp³-hybridized carbons (Fsp3) is 0.286. The maximum absolute atomic E-state index is 12.4. The van der Waals surface area contributed by atoms with Crippen LogP contribution in [0.5, 0.6) is 5.75 Å². The predicted octanol–water partition coefficient (Wildman–Crippen LogP) is 2.78. The Labute approximate surface area is 156 Å². The van der Waals surface area contributed by atoms with Gasteiger partial charge in [-0.15, -0.1) is 0 Å².